The van der Waals surface area contributed by atoms with Gasteiger partial charge in [0.1, 0.15) is 0 Å². The minimum atomic E-state index is -0.694. The predicted molar refractivity (Wildman–Crippen MR) is 65.0 cm³/mol. The van der Waals surface area contributed by atoms with Crippen LogP contribution in [0, 0.1) is 11.3 Å². The Morgan fingerprint density at radius 2 is 2.35 bits per heavy atom. The van der Waals surface area contributed by atoms with Crippen molar-refractivity contribution in [2.45, 2.75) is 32.1 Å². The van der Waals surface area contributed by atoms with Gasteiger partial charge in [-0.25, -0.2) is 0 Å². The topological polar surface area (TPSA) is 49.8 Å². The molecule has 1 saturated carbocycles. The smallest absolute Gasteiger partial charge is 0.304 e. The molecule has 4 nitrogen and oxygen atoms in total. The highest BCUT2D eigenvalue weighted by atomic mass is 16.5. The fourth-order valence-electron chi connectivity index (χ4n) is 3.64. The van der Waals surface area contributed by atoms with Crippen molar-refractivity contribution in [2.75, 3.05) is 33.4 Å². The molecule has 2 aliphatic rings. The van der Waals surface area contributed by atoms with Gasteiger partial charge in [-0.3, -0.25) is 4.79 Å². The average Bonchev–Trinajstić information content (AvgIpc) is 2.65. The van der Waals surface area contributed by atoms with Crippen molar-refractivity contribution in [2.24, 2.45) is 11.3 Å². The van der Waals surface area contributed by atoms with E-state index < -0.39 is 5.97 Å². The Morgan fingerprint density at radius 3 is 3.06 bits per heavy atom. The van der Waals surface area contributed by atoms with E-state index in [4.69, 9.17) is 9.84 Å². The minimum absolute atomic E-state index is 0.260. The number of rotatable bonds is 5. The molecule has 1 aliphatic carbocycles. The van der Waals surface area contributed by atoms with E-state index in [1.807, 2.05) is 0 Å². The highest BCUT2D eigenvalue weighted by molar-refractivity contribution is 5.66. The molecule has 98 valence electrons. The molecule has 1 saturated heterocycles. The molecule has 0 aromatic carbocycles. The Kier molecular flexibility index (Phi) is 4.05. The van der Waals surface area contributed by atoms with Crippen LogP contribution in [0.5, 0.6) is 0 Å². The minimum Gasteiger partial charge on any atom is -0.481 e. The van der Waals surface area contributed by atoms with Gasteiger partial charge in [-0.1, -0.05) is 12.8 Å². The van der Waals surface area contributed by atoms with Crippen molar-refractivity contribution in [1.82, 2.24) is 4.90 Å². The van der Waals surface area contributed by atoms with E-state index in [0.717, 1.165) is 19.7 Å². The molecule has 2 rings (SSSR count). The van der Waals surface area contributed by atoms with Gasteiger partial charge in [-0.2, -0.15) is 0 Å². The molecule has 1 aliphatic heterocycles. The van der Waals surface area contributed by atoms with Crippen LogP contribution in [0.2, 0.25) is 0 Å². The maximum atomic E-state index is 10.6. The first-order chi connectivity index (χ1) is 8.16. The molecule has 0 amide bonds. The molecule has 17 heavy (non-hydrogen) atoms. The van der Waals surface area contributed by atoms with Crippen molar-refractivity contribution in [3.8, 4) is 0 Å². The predicted octanol–water partition coefficient (Wildman–Crippen LogP) is 1.60. The normalized spacial score (nSPS) is 33.6. The van der Waals surface area contributed by atoms with E-state index in [2.05, 4.69) is 4.90 Å². The lowest BCUT2D eigenvalue weighted by Gasteiger charge is -2.38. The first kappa shape index (κ1) is 12.8. The van der Waals surface area contributed by atoms with Crippen LogP contribution in [0.3, 0.4) is 0 Å². The second-order valence-corrected chi connectivity index (χ2v) is 5.62. The largest absolute Gasteiger partial charge is 0.481 e. The number of nitrogens with zero attached hydrogens (tertiary/aromatic N) is 1. The fourth-order valence-corrected chi connectivity index (χ4v) is 3.64. The summed E-state index contributed by atoms with van der Waals surface area (Å²) in [5.41, 5.74) is 0.311. The van der Waals surface area contributed by atoms with E-state index in [9.17, 15) is 4.79 Å². The number of carbonyl (C=O) groups is 1. The number of likely N-dealkylation sites (tertiary alicyclic amines) is 1. The van der Waals surface area contributed by atoms with E-state index >= 15 is 0 Å². The lowest BCUT2D eigenvalue weighted by Crippen LogP contribution is -2.37. The Morgan fingerprint density at radius 1 is 1.53 bits per heavy atom. The number of ether oxygens (including phenoxy) is 1. The van der Waals surface area contributed by atoms with Crippen LogP contribution in [0.1, 0.15) is 32.1 Å². The molecule has 0 bridgehead atoms. The molecule has 1 heterocycles. The van der Waals surface area contributed by atoms with E-state index in [1.165, 1.54) is 25.7 Å². The van der Waals surface area contributed by atoms with Gasteiger partial charge in [0.15, 0.2) is 0 Å². The summed E-state index contributed by atoms with van der Waals surface area (Å²) in [7, 11) is 1.78. The van der Waals surface area contributed by atoms with E-state index in [-0.39, 0.29) is 6.42 Å². The molecular formula is C13H23NO3. The Labute approximate surface area is 103 Å². The van der Waals surface area contributed by atoms with Gasteiger partial charge in [0.05, 0.1) is 13.0 Å². The van der Waals surface area contributed by atoms with E-state index in [0.29, 0.717) is 17.9 Å². The van der Waals surface area contributed by atoms with Crippen LogP contribution in [0.25, 0.3) is 0 Å². The van der Waals surface area contributed by atoms with Crippen molar-refractivity contribution in [1.29, 1.82) is 0 Å². The van der Waals surface area contributed by atoms with Crippen LogP contribution in [0.15, 0.2) is 0 Å². The number of carboxylic acid groups (broad SMARTS) is 1. The number of hydrogen-bond acceptors (Lipinski definition) is 3. The standard InChI is InChI=1S/C13H23NO3/c1-17-10-13-6-3-2-4-11(13)8-14(9-13)7-5-12(15)16/h11H,2-10H2,1H3,(H,15,16)/t11-,13+/m0/s1. The first-order valence-corrected chi connectivity index (χ1v) is 6.59. The van der Waals surface area contributed by atoms with E-state index in [1.54, 1.807) is 7.11 Å². The summed E-state index contributed by atoms with van der Waals surface area (Å²) in [5.74, 6) is 0.0191. The second kappa shape index (κ2) is 5.36. The van der Waals surface area contributed by atoms with Gasteiger partial charge in [0.25, 0.3) is 0 Å². The third kappa shape index (κ3) is 2.80. The number of methoxy groups -OCH3 is 1. The van der Waals surface area contributed by atoms with Crippen molar-refractivity contribution in [3.63, 3.8) is 0 Å². The van der Waals surface area contributed by atoms with Gasteiger partial charge in [-0.05, 0) is 18.8 Å². The lowest BCUT2D eigenvalue weighted by molar-refractivity contribution is -0.137. The van der Waals surface area contributed by atoms with Crippen molar-refractivity contribution in [3.05, 3.63) is 0 Å². The number of aliphatic carboxylic acids is 1. The van der Waals surface area contributed by atoms with Gasteiger partial charge >= 0.3 is 5.97 Å². The molecule has 4 heteroatoms. The van der Waals surface area contributed by atoms with Crippen molar-refractivity contribution < 1.29 is 14.6 Å². The zero-order valence-corrected chi connectivity index (χ0v) is 10.7. The van der Waals surface area contributed by atoms with Crippen LogP contribution in [-0.4, -0.2) is 49.3 Å². The molecule has 0 unspecified atom stereocenters. The first-order valence-electron chi connectivity index (χ1n) is 6.59. The molecule has 0 aromatic rings. The Hall–Kier alpha value is -0.610. The molecule has 2 fully saturated rings. The fraction of sp³-hybridized carbons (Fsp3) is 0.923. The molecule has 2 atom stereocenters. The Bertz CT molecular complexity index is 278. The quantitative estimate of drug-likeness (QED) is 0.794. The average molecular weight is 241 g/mol. The van der Waals surface area contributed by atoms with Crippen LogP contribution < -0.4 is 0 Å². The zero-order chi connectivity index (χ0) is 12.3. The molecule has 0 spiro atoms. The summed E-state index contributed by atoms with van der Waals surface area (Å²) in [4.78, 5) is 12.9. The summed E-state index contributed by atoms with van der Waals surface area (Å²) < 4.78 is 5.42. The van der Waals surface area contributed by atoms with Gasteiger partial charge in [0, 0.05) is 32.2 Å². The SMILES string of the molecule is COC[C@]12CCCC[C@H]1CN(CCC(=O)O)C2. The summed E-state index contributed by atoms with van der Waals surface area (Å²) in [6, 6.07) is 0. The summed E-state index contributed by atoms with van der Waals surface area (Å²) in [6.07, 6.45) is 5.41. The van der Waals surface area contributed by atoms with Gasteiger partial charge in [-0.15, -0.1) is 0 Å². The lowest BCUT2D eigenvalue weighted by atomic mass is 9.69. The third-order valence-corrected chi connectivity index (χ3v) is 4.43. The summed E-state index contributed by atoms with van der Waals surface area (Å²) in [6.45, 7) is 3.62. The zero-order valence-electron chi connectivity index (χ0n) is 10.7. The van der Waals surface area contributed by atoms with Gasteiger partial charge < -0.3 is 14.7 Å². The number of hydrogen-bond donors (Lipinski definition) is 1. The summed E-state index contributed by atoms with van der Waals surface area (Å²) in [5, 5.41) is 8.75. The maximum absolute atomic E-state index is 10.6. The van der Waals surface area contributed by atoms with Crippen molar-refractivity contribution >= 4 is 5.97 Å². The number of carboxylic acids is 1. The third-order valence-electron chi connectivity index (χ3n) is 4.43. The molecular weight excluding hydrogens is 218 g/mol. The number of fused-ring (bicyclic) bond motifs is 1. The van der Waals surface area contributed by atoms with Crippen LogP contribution in [0.4, 0.5) is 0 Å². The highest BCUT2D eigenvalue weighted by Crippen LogP contribution is 2.46. The Balaban J connectivity index is 1.95. The second-order valence-electron chi connectivity index (χ2n) is 5.62. The monoisotopic (exact) mass is 241 g/mol. The molecule has 0 aromatic heterocycles. The molecule has 1 N–H and O–H groups in total. The highest BCUT2D eigenvalue weighted by Gasteiger charge is 2.47. The molecule has 0 radical (unpaired) electrons. The maximum Gasteiger partial charge on any atom is 0.304 e. The van der Waals surface area contributed by atoms with Gasteiger partial charge in [0.2, 0.25) is 0 Å². The van der Waals surface area contributed by atoms with Crippen LogP contribution >= 0.6 is 0 Å². The summed E-state index contributed by atoms with van der Waals surface area (Å²) >= 11 is 0. The van der Waals surface area contributed by atoms with Crippen LogP contribution in [-0.2, 0) is 9.53 Å².